The zero-order chi connectivity index (χ0) is 24.5. The molecule has 3 aromatic rings. The van der Waals surface area contributed by atoms with Crippen molar-refractivity contribution in [3.05, 3.63) is 47.9 Å². The van der Waals surface area contributed by atoms with Crippen LogP contribution in [0, 0.1) is 5.82 Å². The number of hydrogen-bond donors (Lipinski definition) is 1. The molecule has 1 aromatic carbocycles. The van der Waals surface area contributed by atoms with Gasteiger partial charge in [-0.1, -0.05) is 24.3 Å². The predicted octanol–water partition coefficient (Wildman–Crippen LogP) is 4.55. The maximum absolute atomic E-state index is 14.5. The van der Waals surface area contributed by atoms with Crippen molar-refractivity contribution in [2.75, 3.05) is 30.4 Å². The molecule has 3 heterocycles. The van der Waals surface area contributed by atoms with Crippen LogP contribution in [0.2, 0.25) is 0 Å². The van der Waals surface area contributed by atoms with E-state index < -0.39 is 11.7 Å². The first-order valence-corrected chi connectivity index (χ1v) is 10.7. The molecule has 0 bridgehead atoms. The van der Waals surface area contributed by atoms with Gasteiger partial charge in [0, 0.05) is 31.1 Å². The largest absolute Gasteiger partial charge is 0.479 e. The lowest BCUT2D eigenvalue weighted by Crippen LogP contribution is -2.46. The topological polar surface area (TPSA) is 85.3 Å². The molecule has 4 rings (SSSR count). The van der Waals surface area contributed by atoms with E-state index >= 15 is 0 Å². The van der Waals surface area contributed by atoms with E-state index in [1.807, 2.05) is 18.7 Å². The van der Waals surface area contributed by atoms with E-state index in [1.165, 1.54) is 19.2 Å². The lowest BCUT2D eigenvalue weighted by Gasteiger charge is -2.35. The summed E-state index contributed by atoms with van der Waals surface area (Å²) in [5.74, 6) is -2.92. The molecule has 11 heteroatoms. The molecular formula is C23H25F3N6O2. The van der Waals surface area contributed by atoms with Gasteiger partial charge in [0.05, 0.1) is 25.5 Å². The Bertz CT molecular complexity index is 1150. The molecule has 1 aliphatic rings. The molecule has 34 heavy (non-hydrogen) atoms. The Balaban J connectivity index is 1.62. The second kappa shape index (κ2) is 9.41. The molecule has 1 aliphatic heterocycles. The average Bonchev–Trinajstić information content (AvgIpc) is 2.79. The van der Waals surface area contributed by atoms with Gasteiger partial charge < -0.3 is 19.7 Å². The lowest BCUT2D eigenvalue weighted by atomic mass is 10.0. The van der Waals surface area contributed by atoms with E-state index in [9.17, 15) is 13.2 Å². The van der Waals surface area contributed by atoms with Crippen LogP contribution >= 0.6 is 0 Å². The SMILES string of the molecule is COc1nnc(Nc2nc(N3C[C@@H](C)O[C@@H](C)C3)ncc2F)cc1-c1ccc(C(C)(F)F)cc1. The fourth-order valence-electron chi connectivity index (χ4n) is 3.80. The molecule has 0 radical (unpaired) electrons. The van der Waals surface area contributed by atoms with Gasteiger partial charge in [0.1, 0.15) is 0 Å². The van der Waals surface area contributed by atoms with Crippen molar-refractivity contribution in [2.24, 2.45) is 0 Å². The first-order chi connectivity index (χ1) is 16.1. The highest BCUT2D eigenvalue weighted by Gasteiger charge is 2.26. The summed E-state index contributed by atoms with van der Waals surface area (Å²) in [5.41, 5.74) is 0.970. The van der Waals surface area contributed by atoms with E-state index in [2.05, 4.69) is 25.5 Å². The van der Waals surface area contributed by atoms with Crippen LogP contribution in [-0.2, 0) is 10.7 Å². The van der Waals surface area contributed by atoms with Crippen molar-refractivity contribution in [2.45, 2.75) is 38.9 Å². The highest BCUT2D eigenvalue weighted by atomic mass is 19.3. The normalized spacial score (nSPS) is 18.6. The zero-order valence-electron chi connectivity index (χ0n) is 19.2. The Hall–Kier alpha value is -3.47. The Morgan fingerprint density at radius 2 is 1.79 bits per heavy atom. The molecule has 0 aliphatic carbocycles. The number of aromatic nitrogens is 4. The number of anilines is 3. The summed E-state index contributed by atoms with van der Waals surface area (Å²) in [6, 6.07) is 7.34. The van der Waals surface area contributed by atoms with Gasteiger partial charge in [0.25, 0.3) is 5.92 Å². The fraction of sp³-hybridized carbons (Fsp3) is 0.391. The number of ether oxygens (including phenoxy) is 2. The number of morpholine rings is 1. The third-order valence-corrected chi connectivity index (χ3v) is 5.34. The van der Waals surface area contributed by atoms with Crippen molar-refractivity contribution >= 4 is 17.6 Å². The van der Waals surface area contributed by atoms with Gasteiger partial charge in [-0.05, 0) is 25.5 Å². The fourth-order valence-corrected chi connectivity index (χ4v) is 3.80. The first-order valence-electron chi connectivity index (χ1n) is 10.7. The maximum Gasteiger partial charge on any atom is 0.270 e. The molecule has 1 N–H and O–H groups in total. The van der Waals surface area contributed by atoms with Crippen LogP contribution < -0.4 is 15.0 Å². The Morgan fingerprint density at radius 3 is 2.41 bits per heavy atom. The molecule has 0 saturated carbocycles. The van der Waals surface area contributed by atoms with Crippen LogP contribution in [0.15, 0.2) is 36.5 Å². The minimum atomic E-state index is -2.95. The third-order valence-electron chi connectivity index (χ3n) is 5.34. The average molecular weight is 474 g/mol. The van der Waals surface area contributed by atoms with Crippen LogP contribution in [0.1, 0.15) is 26.3 Å². The van der Waals surface area contributed by atoms with Crippen molar-refractivity contribution in [1.82, 2.24) is 20.2 Å². The van der Waals surface area contributed by atoms with Crippen LogP contribution in [-0.4, -0.2) is 52.6 Å². The summed E-state index contributed by atoms with van der Waals surface area (Å²) in [7, 11) is 1.43. The number of nitrogens with one attached hydrogen (secondary N) is 1. The molecule has 1 saturated heterocycles. The van der Waals surface area contributed by atoms with E-state index in [1.54, 1.807) is 18.2 Å². The number of halogens is 3. The summed E-state index contributed by atoms with van der Waals surface area (Å²) in [6.45, 7) is 5.90. The standard InChI is InChI=1S/C23H25F3N6O2/c1-13-11-32(12-14(2)34-13)22-27-10-18(24)20(29-22)28-19-9-17(21(33-4)31-30-19)15-5-7-16(8-6-15)23(3,25)26/h5-10,13-14H,11-12H2,1-4H3,(H,27,28,29,30)/t13-,14+. The van der Waals surface area contributed by atoms with Crippen LogP contribution in [0.4, 0.5) is 30.8 Å². The highest BCUT2D eigenvalue weighted by Crippen LogP contribution is 2.33. The first kappa shape index (κ1) is 23.7. The summed E-state index contributed by atoms with van der Waals surface area (Å²) in [6.07, 6.45) is 1.07. The molecule has 0 spiro atoms. The molecule has 1 fully saturated rings. The van der Waals surface area contributed by atoms with Crippen LogP contribution in [0.25, 0.3) is 11.1 Å². The quantitative estimate of drug-likeness (QED) is 0.557. The van der Waals surface area contributed by atoms with Gasteiger partial charge in [0.15, 0.2) is 17.5 Å². The van der Waals surface area contributed by atoms with Crippen LogP contribution in [0.3, 0.4) is 0 Å². The van der Waals surface area contributed by atoms with E-state index in [0.29, 0.717) is 30.2 Å². The molecule has 2 atom stereocenters. The van der Waals surface area contributed by atoms with Gasteiger partial charge in [-0.25, -0.2) is 18.2 Å². The number of benzene rings is 1. The van der Waals surface area contributed by atoms with E-state index in [0.717, 1.165) is 13.1 Å². The summed E-state index contributed by atoms with van der Waals surface area (Å²) in [4.78, 5) is 10.4. The number of nitrogens with zero attached hydrogens (tertiary/aromatic N) is 5. The molecule has 2 aromatic heterocycles. The minimum Gasteiger partial charge on any atom is -0.479 e. The Labute approximate surface area is 195 Å². The third kappa shape index (κ3) is 5.19. The zero-order valence-corrected chi connectivity index (χ0v) is 19.2. The van der Waals surface area contributed by atoms with Crippen molar-refractivity contribution < 1.29 is 22.6 Å². The van der Waals surface area contributed by atoms with Crippen molar-refractivity contribution in [3.8, 4) is 17.0 Å². The summed E-state index contributed by atoms with van der Waals surface area (Å²) in [5, 5.41) is 10.9. The second-order valence-electron chi connectivity index (χ2n) is 8.27. The Morgan fingerprint density at radius 1 is 1.12 bits per heavy atom. The number of rotatable bonds is 6. The second-order valence-corrected chi connectivity index (χ2v) is 8.27. The minimum absolute atomic E-state index is 0.0112. The van der Waals surface area contributed by atoms with Gasteiger partial charge in [-0.15, -0.1) is 10.2 Å². The monoisotopic (exact) mass is 474 g/mol. The van der Waals surface area contributed by atoms with Crippen molar-refractivity contribution in [3.63, 3.8) is 0 Å². The predicted molar refractivity (Wildman–Crippen MR) is 121 cm³/mol. The van der Waals surface area contributed by atoms with Crippen molar-refractivity contribution in [1.29, 1.82) is 0 Å². The number of methoxy groups -OCH3 is 1. The number of alkyl halides is 2. The van der Waals surface area contributed by atoms with Gasteiger partial charge in [-0.3, -0.25) is 0 Å². The van der Waals surface area contributed by atoms with E-state index in [4.69, 9.17) is 9.47 Å². The number of hydrogen-bond acceptors (Lipinski definition) is 8. The molecule has 8 nitrogen and oxygen atoms in total. The Kier molecular flexibility index (Phi) is 6.56. The smallest absolute Gasteiger partial charge is 0.270 e. The molecular weight excluding hydrogens is 449 g/mol. The van der Waals surface area contributed by atoms with Crippen LogP contribution in [0.5, 0.6) is 5.88 Å². The summed E-state index contributed by atoms with van der Waals surface area (Å²) < 4.78 is 52.7. The lowest BCUT2D eigenvalue weighted by molar-refractivity contribution is -0.00572. The van der Waals surface area contributed by atoms with Gasteiger partial charge in [-0.2, -0.15) is 4.98 Å². The highest BCUT2D eigenvalue weighted by molar-refractivity contribution is 5.72. The van der Waals surface area contributed by atoms with Gasteiger partial charge >= 0.3 is 0 Å². The molecule has 0 unspecified atom stereocenters. The van der Waals surface area contributed by atoms with E-state index in [-0.39, 0.29) is 35.3 Å². The summed E-state index contributed by atoms with van der Waals surface area (Å²) >= 11 is 0. The van der Waals surface area contributed by atoms with Gasteiger partial charge in [0.2, 0.25) is 11.8 Å². The molecule has 180 valence electrons. The molecule has 0 amide bonds. The maximum atomic E-state index is 14.5.